The zero-order valence-electron chi connectivity index (χ0n) is 13.7. The molecule has 5 rings (SSSR count). The van der Waals surface area contributed by atoms with Crippen LogP contribution >= 0.6 is 0 Å². The van der Waals surface area contributed by atoms with Crippen LogP contribution in [0, 0.1) is 0 Å². The van der Waals surface area contributed by atoms with Gasteiger partial charge in [0.25, 0.3) is 5.91 Å². The van der Waals surface area contributed by atoms with E-state index in [1.165, 1.54) is 11.1 Å². The summed E-state index contributed by atoms with van der Waals surface area (Å²) in [6.45, 7) is 0.877. The van der Waals surface area contributed by atoms with Crippen molar-refractivity contribution in [2.45, 2.75) is 44.2 Å². The van der Waals surface area contributed by atoms with Crippen molar-refractivity contribution in [3.8, 4) is 0 Å². The normalized spacial score (nSPS) is 22.9. The smallest absolute Gasteiger partial charge is 0.255 e. The summed E-state index contributed by atoms with van der Waals surface area (Å²) in [6.07, 6.45) is 9.37. The van der Waals surface area contributed by atoms with Gasteiger partial charge in [0.1, 0.15) is 0 Å². The van der Waals surface area contributed by atoms with Gasteiger partial charge in [0.05, 0.1) is 6.54 Å². The standard InChI is InChI=1S/C20H21N3O/c24-20(18-2-1-3-19-17(18)8-9-22-19)23(15-6-7-15)16-5-4-13-11-21-12-14(13)10-16/h1-3,8-9,12,15-16,22H,4-7,10-11H2. The van der Waals surface area contributed by atoms with Gasteiger partial charge in [-0.1, -0.05) is 6.07 Å². The zero-order valence-corrected chi connectivity index (χ0v) is 13.7. The number of hydrogen-bond donors (Lipinski definition) is 1. The first-order valence-corrected chi connectivity index (χ1v) is 8.91. The van der Waals surface area contributed by atoms with Gasteiger partial charge in [0, 0.05) is 41.0 Å². The molecule has 0 saturated heterocycles. The van der Waals surface area contributed by atoms with E-state index >= 15 is 0 Å². The number of aromatic nitrogens is 1. The maximum Gasteiger partial charge on any atom is 0.255 e. The number of rotatable bonds is 3. The molecule has 3 aliphatic rings. The SMILES string of the molecule is O=C(c1cccc2[nH]ccc12)N(C1CC1)C1CCC2=C(C=NC2)C1. The van der Waals surface area contributed by atoms with Crippen LogP contribution in [0.15, 0.2) is 46.6 Å². The molecule has 1 atom stereocenters. The van der Waals surface area contributed by atoms with E-state index in [0.29, 0.717) is 12.1 Å². The fourth-order valence-electron chi connectivity index (χ4n) is 4.22. The molecule has 1 unspecified atom stereocenters. The number of carbonyl (C=O) groups is 1. The van der Waals surface area contributed by atoms with E-state index in [-0.39, 0.29) is 5.91 Å². The number of aromatic amines is 1. The molecule has 1 fully saturated rings. The topological polar surface area (TPSA) is 48.5 Å². The highest BCUT2D eigenvalue weighted by Gasteiger charge is 2.39. The maximum absolute atomic E-state index is 13.4. The molecule has 0 bridgehead atoms. The monoisotopic (exact) mass is 319 g/mol. The summed E-state index contributed by atoms with van der Waals surface area (Å²) in [7, 11) is 0. The largest absolute Gasteiger partial charge is 0.361 e. The van der Waals surface area contributed by atoms with Crippen LogP contribution in [0.4, 0.5) is 0 Å². The van der Waals surface area contributed by atoms with E-state index in [1.807, 2.05) is 36.7 Å². The first-order chi connectivity index (χ1) is 11.8. The summed E-state index contributed by atoms with van der Waals surface area (Å²) >= 11 is 0. The molecular formula is C20H21N3O. The predicted octanol–water partition coefficient (Wildman–Crippen LogP) is 3.71. The van der Waals surface area contributed by atoms with Crippen molar-refractivity contribution in [1.82, 2.24) is 9.88 Å². The van der Waals surface area contributed by atoms with Crippen LogP contribution in [0.2, 0.25) is 0 Å². The summed E-state index contributed by atoms with van der Waals surface area (Å²) in [6, 6.07) is 8.74. The van der Waals surface area contributed by atoms with Crippen LogP contribution in [0.1, 0.15) is 42.5 Å². The molecule has 1 aliphatic heterocycles. The second-order valence-electron chi connectivity index (χ2n) is 7.18. The number of benzene rings is 1. The number of aliphatic imine (C=N–C) groups is 1. The molecule has 24 heavy (non-hydrogen) atoms. The molecule has 2 aromatic rings. The average Bonchev–Trinajstić information content (AvgIpc) is 3.12. The van der Waals surface area contributed by atoms with Crippen molar-refractivity contribution < 1.29 is 4.79 Å². The van der Waals surface area contributed by atoms with Crippen molar-refractivity contribution in [3.63, 3.8) is 0 Å². The Labute approximate surface area is 141 Å². The minimum atomic E-state index is 0.201. The average molecular weight is 319 g/mol. The molecule has 0 radical (unpaired) electrons. The highest BCUT2D eigenvalue weighted by atomic mass is 16.2. The van der Waals surface area contributed by atoms with Gasteiger partial charge in [0.2, 0.25) is 0 Å². The number of amides is 1. The second-order valence-corrected chi connectivity index (χ2v) is 7.18. The number of fused-ring (bicyclic) bond motifs is 1. The van der Waals surface area contributed by atoms with Gasteiger partial charge >= 0.3 is 0 Å². The Morgan fingerprint density at radius 1 is 1.17 bits per heavy atom. The van der Waals surface area contributed by atoms with Gasteiger partial charge in [-0.3, -0.25) is 9.79 Å². The van der Waals surface area contributed by atoms with Crippen molar-refractivity contribution in [2.24, 2.45) is 4.99 Å². The second kappa shape index (κ2) is 5.33. The molecule has 1 amide bonds. The van der Waals surface area contributed by atoms with E-state index in [0.717, 1.165) is 55.1 Å². The summed E-state index contributed by atoms with van der Waals surface area (Å²) in [5.41, 5.74) is 4.74. The third-order valence-corrected chi connectivity index (χ3v) is 5.61. The molecule has 2 heterocycles. The van der Waals surface area contributed by atoms with E-state index in [1.54, 1.807) is 0 Å². The molecule has 4 heteroatoms. The lowest BCUT2D eigenvalue weighted by Crippen LogP contribution is -2.43. The zero-order chi connectivity index (χ0) is 16.1. The third kappa shape index (κ3) is 2.20. The van der Waals surface area contributed by atoms with Crippen molar-refractivity contribution in [3.05, 3.63) is 47.2 Å². The summed E-state index contributed by atoms with van der Waals surface area (Å²) in [5.74, 6) is 0.201. The molecule has 122 valence electrons. The van der Waals surface area contributed by atoms with Crippen LogP contribution in [-0.4, -0.2) is 40.6 Å². The van der Waals surface area contributed by atoms with Crippen LogP contribution in [0.25, 0.3) is 10.9 Å². The first-order valence-electron chi connectivity index (χ1n) is 8.91. The van der Waals surface area contributed by atoms with E-state index < -0.39 is 0 Å². The van der Waals surface area contributed by atoms with Crippen LogP contribution < -0.4 is 0 Å². The molecule has 1 aromatic heterocycles. The van der Waals surface area contributed by atoms with Gasteiger partial charge in [0.15, 0.2) is 0 Å². The number of carbonyl (C=O) groups excluding carboxylic acids is 1. The third-order valence-electron chi connectivity index (χ3n) is 5.61. The Morgan fingerprint density at radius 2 is 2.08 bits per heavy atom. The Morgan fingerprint density at radius 3 is 2.96 bits per heavy atom. The quantitative estimate of drug-likeness (QED) is 0.921. The molecule has 1 aromatic carbocycles. The van der Waals surface area contributed by atoms with Gasteiger partial charge in [-0.15, -0.1) is 0 Å². The number of hydrogen-bond acceptors (Lipinski definition) is 2. The predicted molar refractivity (Wildman–Crippen MR) is 95.5 cm³/mol. The van der Waals surface area contributed by atoms with Gasteiger partial charge in [-0.05, 0) is 61.4 Å². The van der Waals surface area contributed by atoms with Gasteiger partial charge in [-0.25, -0.2) is 0 Å². The van der Waals surface area contributed by atoms with Crippen LogP contribution in [0.3, 0.4) is 0 Å². The highest BCUT2D eigenvalue weighted by molar-refractivity contribution is 6.06. The number of H-pyrrole nitrogens is 1. The molecule has 1 saturated carbocycles. The minimum Gasteiger partial charge on any atom is -0.361 e. The molecule has 0 spiro atoms. The van der Waals surface area contributed by atoms with Gasteiger partial charge < -0.3 is 9.88 Å². The lowest BCUT2D eigenvalue weighted by molar-refractivity contribution is 0.0647. The Hall–Kier alpha value is -2.36. The highest BCUT2D eigenvalue weighted by Crippen LogP contribution is 2.38. The van der Waals surface area contributed by atoms with Crippen molar-refractivity contribution >= 4 is 23.0 Å². The van der Waals surface area contributed by atoms with Crippen molar-refractivity contribution in [1.29, 1.82) is 0 Å². The van der Waals surface area contributed by atoms with E-state index in [2.05, 4.69) is 14.9 Å². The Balaban J connectivity index is 1.49. The van der Waals surface area contributed by atoms with Crippen LogP contribution in [0.5, 0.6) is 0 Å². The lowest BCUT2D eigenvalue weighted by atomic mass is 9.88. The van der Waals surface area contributed by atoms with E-state index in [9.17, 15) is 4.79 Å². The Bertz CT molecular complexity index is 872. The van der Waals surface area contributed by atoms with Crippen LogP contribution in [-0.2, 0) is 0 Å². The number of nitrogens with one attached hydrogen (secondary N) is 1. The summed E-state index contributed by atoms with van der Waals surface area (Å²) in [5, 5.41) is 1.03. The first kappa shape index (κ1) is 14.0. The van der Waals surface area contributed by atoms with Crippen molar-refractivity contribution in [2.75, 3.05) is 6.54 Å². The lowest BCUT2D eigenvalue weighted by Gasteiger charge is -2.35. The fraction of sp³-hybridized carbons (Fsp3) is 0.400. The Kier molecular flexibility index (Phi) is 3.12. The minimum absolute atomic E-state index is 0.201. The number of nitrogens with zero attached hydrogens (tertiary/aromatic N) is 2. The molecule has 4 nitrogen and oxygen atoms in total. The molecular weight excluding hydrogens is 298 g/mol. The van der Waals surface area contributed by atoms with Gasteiger partial charge in [-0.2, -0.15) is 0 Å². The summed E-state index contributed by atoms with van der Waals surface area (Å²) < 4.78 is 0. The molecule has 2 aliphatic carbocycles. The molecule has 1 N–H and O–H groups in total. The maximum atomic E-state index is 13.4. The van der Waals surface area contributed by atoms with E-state index in [4.69, 9.17) is 0 Å². The fourth-order valence-corrected chi connectivity index (χ4v) is 4.22. The summed E-state index contributed by atoms with van der Waals surface area (Å²) in [4.78, 5) is 23.2.